The van der Waals surface area contributed by atoms with Gasteiger partial charge in [-0.15, -0.1) is 5.53 Å². The summed E-state index contributed by atoms with van der Waals surface area (Å²) in [4.78, 5) is 9.14. The molecule has 0 unspecified atom stereocenters. The summed E-state index contributed by atoms with van der Waals surface area (Å²) >= 11 is 0. The fourth-order valence-corrected chi connectivity index (χ4v) is 2.99. The number of hydrogen-bond acceptors (Lipinski definition) is 8. The fourth-order valence-electron chi connectivity index (χ4n) is 2.99. The Kier molecular flexibility index (Phi) is 3.44. The topological polar surface area (TPSA) is 112 Å². The molecular formula is C17H14N10. The maximum absolute atomic E-state index is 8.79. The van der Waals surface area contributed by atoms with E-state index in [0.717, 1.165) is 16.6 Å². The van der Waals surface area contributed by atoms with Crippen molar-refractivity contribution in [1.29, 1.82) is 5.26 Å². The van der Waals surface area contributed by atoms with E-state index in [1.165, 1.54) is 0 Å². The van der Waals surface area contributed by atoms with E-state index >= 15 is 0 Å². The van der Waals surface area contributed by atoms with E-state index < -0.39 is 0 Å². The monoisotopic (exact) mass is 358 g/mol. The average molecular weight is 358 g/mol. The highest BCUT2D eigenvalue weighted by Crippen LogP contribution is 2.28. The van der Waals surface area contributed by atoms with Gasteiger partial charge in [0, 0.05) is 24.2 Å². The second-order valence-electron chi connectivity index (χ2n) is 6.07. The Bertz CT molecular complexity index is 1170. The van der Waals surface area contributed by atoms with Crippen LogP contribution in [0.3, 0.4) is 0 Å². The third-order valence-corrected chi connectivity index (χ3v) is 4.29. The minimum atomic E-state index is 0.199. The number of aromatic nitrogens is 6. The second-order valence-corrected chi connectivity index (χ2v) is 6.07. The molecule has 0 radical (unpaired) electrons. The Labute approximate surface area is 153 Å². The lowest BCUT2D eigenvalue weighted by Gasteiger charge is -2.17. The lowest BCUT2D eigenvalue weighted by Crippen LogP contribution is -2.35. The molecule has 0 saturated carbocycles. The van der Waals surface area contributed by atoms with Crippen LogP contribution >= 0.6 is 0 Å². The molecule has 27 heavy (non-hydrogen) atoms. The van der Waals surface area contributed by atoms with E-state index in [-0.39, 0.29) is 6.54 Å². The van der Waals surface area contributed by atoms with E-state index in [4.69, 9.17) is 10.2 Å². The lowest BCUT2D eigenvalue weighted by atomic mass is 10.2. The number of nitriles is 1. The molecule has 5 heterocycles. The smallest absolute Gasteiger partial charge is 0.190 e. The van der Waals surface area contributed by atoms with E-state index in [9.17, 15) is 0 Å². The predicted molar refractivity (Wildman–Crippen MR) is 97.0 cm³/mol. The van der Waals surface area contributed by atoms with Crippen LogP contribution in [0.5, 0.6) is 0 Å². The van der Waals surface area contributed by atoms with E-state index in [1.807, 2.05) is 27.9 Å². The summed E-state index contributed by atoms with van der Waals surface area (Å²) < 4.78 is 3.39. The highest BCUT2D eigenvalue weighted by Gasteiger charge is 2.23. The normalized spacial score (nSPS) is 12.8. The van der Waals surface area contributed by atoms with Crippen molar-refractivity contribution in [3.8, 4) is 17.3 Å². The largest absolute Gasteiger partial charge is 0.285 e. The quantitative estimate of drug-likeness (QED) is 0.562. The molecule has 10 nitrogen and oxygen atoms in total. The first-order chi connectivity index (χ1) is 13.3. The van der Waals surface area contributed by atoms with Crippen molar-refractivity contribution in [2.75, 3.05) is 10.4 Å². The number of rotatable bonds is 4. The van der Waals surface area contributed by atoms with Crippen LogP contribution in [0, 0.1) is 11.3 Å². The highest BCUT2D eigenvalue weighted by atomic mass is 15.7. The van der Waals surface area contributed by atoms with Crippen molar-refractivity contribution < 1.29 is 0 Å². The molecule has 2 N–H and O–H groups in total. The number of fused-ring (bicyclic) bond motifs is 2. The first-order valence-electron chi connectivity index (χ1n) is 8.28. The molecule has 10 heteroatoms. The van der Waals surface area contributed by atoms with Gasteiger partial charge in [0.1, 0.15) is 6.54 Å². The third kappa shape index (κ3) is 2.72. The van der Waals surface area contributed by atoms with E-state index in [1.54, 1.807) is 29.5 Å². The van der Waals surface area contributed by atoms with Crippen LogP contribution in [0.1, 0.15) is 5.56 Å². The Balaban J connectivity index is 1.43. The van der Waals surface area contributed by atoms with Crippen LogP contribution in [-0.4, -0.2) is 29.4 Å². The van der Waals surface area contributed by atoms with Crippen molar-refractivity contribution in [2.45, 2.75) is 13.1 Å². The van der Waals surface area contributed by atoms with Gasteiger partial charge in [-0.1, -0.05) is 0 Å². The molecule has 0 bridgehead atoms. The van der Waals surface area contributed by atoms with Gasteiger partial charge >= 0.3 is 0 Å². The molecule has 0 saturated heterocycles. The van der Waals surface area contributed by atoms with E-state index in [0.29, 0.717) is 23.9 Å². The Morgan fingerprint density at radius 3 is 3.07 bits per heavy atom. The van der Waals surface area contributed by atoms with Gasteiger partial charge in [0.25, 0.3) is 0 Å². The number of nitrogens with zero attached hydrogens (tertiary/aromatic N) is 8. The van der Waals surface area contributed by atoms with Crippen LogP contribution < -0.4 is 16.0 Å². The van der Waals surface area contributed by atoms with Crippen molar-refractivity contribution >= 4 is 17.2 Å². The summed E-state index contributed by atoms with van der Waals surface area (Å²) in [5.74, 6) is 1.36. The molecule has 0 aromatic carbocycles. The van der Waals surface area contributed by atoms with Gasteiger partial charge in [0.2, 0.25) is 0 Å². The zero-order chi connectivity index (χ0) is 18.2. The zero-order valence-electron chi connectivity index (χ0n) is 14.1. The Morgan fingerprint density at radius 1 is 1.19 bits per heavy atom. The van der Waals surface area contributed by atoms with Crippen LogP contribution in [0.2, 0.25) is 0 Å². The molecule has 1 aliphatic heterocycles. The summed E-state index contributed by atoms with van der Waals surface area (Å²) in [7, 11) is 0. The zero-order valence-corrected chi connectivity index (χ0v) is 14.1. The minimum absolute atomic E-state index is 0.199. The van der Waals surface area contributed by atoms with Crippen molar-refractivity contribution in [3.63, 3.8) is 0 Å². The van der Waals surface area contributed by atoms with Gasteiger partial charge in [-0.3, -0.25) is 15.1 Å². The minimum Gasteiger partial charge on any atom is -0.285 e. The molecular weight excluding hydrogens is 344 g/mol. The number of anilines is 2. The molecule has 0 fully saturated rings. The molecule has 4 aromatic rings. The molecule has 0 amide bonds. The summed E-state index contributed by atoms with van der Waals surface area (Å²) in [6, 6.07) is 8.12. The van der Waals surface area contributed by atoms with Crippen LogP contribution in [0.4, 0.5) is 11.6 Å². The Hall–Kier alpha value is -3.97. The standard InChI is InChI=1S/C17H14N10/c18-3-6-25-11-13(8-21-25)15-9-19-16-17(22-15)27(24-23-16)10-12-2-5-26-14(7-12)1-4-20-26/h1-2,4-5,7-9,11,24H,6,10H2,(H,19,23). The van der Waals surface area contributed by atoms with Gasteiger partial charge in [-0.05, 0) is 23.8 Å². The van der Waals surface area contributed by atoms with Gasteiger partial charge in [-0.2, -0.15) is 15.5 Å². The molecule has 4 aromatic heterocycles. The van der Waals surface area contributed by atoms with Crippen LogP contribution in [0.25, 0.3) is 16.8 Å². The van der Waals surface area contributed by atoms with E-state index in [2.05, 4.69) is 38.3 Å². The summed E-state index contributed by atoms with van der Waals surface area (Å²) in [6.45, 7) is 0.804. The predicted octanol–water partition coefficient (Wildman–Crippen LogP) is 1.36. The van der Waals surface area contributed by atoms with Gasteiger partial charge in [-0.25, -0.2) is 14.5 Å². The summed E-state index contributed by atoms with van der Waals surface area (Å²) in [6.07, 6.45) is 8.85. The van der Waals surface area contributed by atoms with Gasteiger partial charge < -0.3 is 0 Å². The molecule has 0 atom stereocenters. The fraction of sp³-hybridized carbons (Fsp3) is 0.118. The number of hydrogen-bond donors (Lipinski definition) is 2. The summed E-state index contributed by atoms with van der Waals surface area (Å²) in [5.41, 5.74) is 9.77. The molecule has 0 aliphatic carbocycles. The van der Waals surface area contributed by atoms with Crippen LogP contribution in [0.15, 0.2) is 49.2 Å². The van der Waals surface area contributed by atoms with Crippen molar-refractivity contribution in [3.05, 3.63) is 54.7 Å². The molecule has 5 rings (SSSR count). The Morgan fingerprint density at radius 2 is 2.15 bits per heavy atom. The van der Waals surface area contributed by atoms with Crippen molar-refractivity contribution in [2.24, 2.45) is 0 Å². The summed E-state index contributed by atoms with van der Waals surface area (Å²) in [5, 5.41) is 19.1. The third-order valence-electron chi connectivity index (χ3n) is 4.29. The maximum Gasteiger partial charge on any atom is 0.190 e. The number of nitrogens with one attached hydrogen (secondary N) is 2. The first-order valence-corrected chi connectivity index (χ1v) is 8.28. The molecule has 1 aliphatic rings. The maximum atomic E-state index is 8.79. The SMILES string of the molecule is N#CCn1cc(-c2cnc3c(n2)N(Cc2ccn4nccc4c2)NN3)cn1. The lowest BCUT2D eigenvalue weighted by molar-refractivity contribution is 0.710. The first kappa shape index (κ1) is 15.3. The van der Waals surface area contributed by atoms with Gasteiger partial charge in [0.05, 0.1) is 36.2 Å². The second kappa shape index (κ2) is 6.08. The number of hydrazine groups is 2. The van der Waals surface area contributed by atoms with Gasteiger partial charge in [0.15, 0.2) is 11.6 Å². The highest BCUT2D eigenvalue weighted by molar-refractivity contribution is 5.69. The van der Waals surface area contributed by atoms with Crippen LogP contribution in [-0.2, 0) is 13.1 Å². The average Bonchev–Trinajstić information content (AvgIpc) is 3.41. The molecule has 132 valence electrons. The number of pyridine rings is 1. The van der Waals surface area contributed by atoms with Crippen molar-refractivity contribution in [1.82, 2.24) is 34.9 Å². The molecule has 0 spiro atoms.